The Labute approximate surface area is 108 Å². The zero-order valence-electron chi connectivity index (χ0n) is 10.9. The number of ether oxygens (including phenoxy) is 2. The van der Waals surface area contributed by atoms with Gasteiger partial charge in [0, 0.05) is 6.54 Å². The Hall–Kier alpha value is -1.97. The topological polar surface area (TPSA) is 47.6 Å². The number of para-hydroxylation sites is 2. The second kappa shape index (κ2) is 7.37. The third-order valence-electron chi connectivity index (χ3n) is 2.10. The van der Waals surface area contributed by atoms with Crippen LogP contribution < -0.4 is 14.8 Å². The first-order valence-electron chi connectivity index (χ1n) is 5.89. The number of carbonyl (C=O) groups excluding carboxylic acids is 1. The second-order valence-corrected chi connectivity index (χ2v) is 3.90. The zero-order valence-corrected chi connectivity index (χ0v) is 10.9. The molecule has 0 spiro atoms. The fourth-order valence-corrected chi connectivity index (χ4v) is 1.29. The van der Waals surface area contributed by atoms with Gasteiger partial charge in [0.05, 0.1) is 6.61 Å². The highest BCUT2D eigenvalue weighted by atomic mass is 16.5. The molecule has 0 unspecified atom stereocenters. The van der Waals surface area contributed by atoms with Crippen molar-refractivity contribution >= 4 is 5.91 Å². The molecule has 0 radical (unpaired) electrons. The van der Waals surface area contributed by atoms with Crippen molar-refractivity contribution in [3.05, 3.63) is 36.4 Å². The highest BCUT2D eigenvalue weighted by molar-refractivity contribution is 5.77. The van der Waals surface area contributed by atoms with Crippen molar-refractivity contribution in [2.75, 3.05) is 19.8 Å². The maximum absolute atomic E-state index is 11.5. The summed E-state index contributed by atoms with van der Waals surface area (Å²) >= 11 is 0. The normalized spacial score (nSPS) is 9.67. The molecular formula is C14H19NO3. The molecule has 0 aliphatic carbocycles. The molecule has 0 aliphatic heterocycles. The van der Waals surface area contributed by atoms with E-state index >= 15 is 0 Å². The molecule has 4 heteroatoms. The zero-order chi connectivity index (χ0) is 13.4. The minimum Gasteiger partial charge on any atom is -0.490 e. The van der Waals surface area contributed by atoms with Crippen LogP contribution in [-0.4, -0.2) is 25.7 Å². The summed E-state index contributed by atoms with van der Waals surface area (Å²) in [4.78, 5) is 11.5. The van der Waals surface area contributed by atoms with Gasteiger partial charge in [-0.1, -0.05) is 24.3 Å². The fraction of sp³-hybridized carbons (Fsp3) is 0.357. The van der Waals surface area contributed by atoms with Crippen LogP contribution in [0.25, 0.3) is 0 Å². The van der Waals surface area contributed by atoms with Gasteiger partial charge in [-0.2, -0.15) is 0 Å². The van der Waals surface area contributed by atoms with Crippen LogP contribution in [-0.2, 0) is 4.79 Å². The number of carbonyl (C=O) groups is 1. The van der Waals surface area contributed by atoms with Gasteiger partial charge >= 0.3 is 0 Å². The van der Waals surface area contributed by atoms with E-state index in [1.165, 1.54) is 0 Å². The highest BCUT2D eigenvalue weighted by Crippen LogP contribution is 2.26. The van der Waals surface area contributed by atoms with Crippen molar-refractivity contribution < 1.29 is 14.3 Å². The van der Waals surface area contributed by atoms with Crippen LogP contribution in [0.4, 0.5) is 0 Å². The molecule has 0 saturated carbocycles. The molecular weight excluding hydrogens is 230 g/mol. The van der Waals surface area contributed by atoms with Gasteiger partial charge < -0.3 is 14.8 Å². The van der Waals surface area contributed by atoms with E-state index in [1.54, 1.807) is 6.07 Å². The van der Waals surface area contributed by atoms with Crippen molar-refractivity contribution in [3.63, 3.8) is 0 Å². The average molecular weight is 249 g/mol. The lowest BCUT2D eigenvalue weighted by atomic mass is 10.3. The Morgan fingerprint density at radius 1 is 1.28 bits per heavy atom. The van der Waals surface area contributed by atoms with Gasteiger partial charge in [-0.25, -0.2) is 0 Å². The van der Waals surface area contributed by atoms with Crippen molar-refractivity contribution in [1.29, 1.82) is 0 Å². The van der Waals surface area contributed by atoms with Crippen LogP contribution >= 0.6 is 0 Å². The molecule has 1 aromatic rings. The number of hydrogen-bond acceptors (Lipinski definition) is 3. The SMILES string of the molecule is C=C(C)CNC(=O)COc1ccccc1OCC. The van der Waals surface area contributed by atoms with Gasteiger partial charge in [-0.3, -0.25) is 4.79 Å². The first-order valence-corrected chi connectivity index (χ1v) is 5.89. The third-order valence-corrected chi connectivity index (χ3v) is 2.10. The Bertz CT molecular complexity index is 415. The Kier molecular flexibility index (Phi) is 5.77. The molecule has 98 valence electrons. The maximum Gasteiger partial charge on any atom is 0.258 e. The van der Waals surface area contributed by atoms with Crippen molar-refractivity contribution in [2.45, 2.75) is 13.8 Å². The molecule has 1 aromatic carbocycles. The van der Waals surface area contributed by atoms with Gasteiger partial charge in [0.1, 0.15) is 0 Å². The van der Waals surface area contributed by atoms with Crippen molar-refractivity contribution in [3.8, 4) is 11.5 Å². The predicted octanol–water partition coefficient (Wildman–Crippen LogP) is 2.16. The van der Waals surface area contributed by atoms with E-state index in [0.29, 0.717) is 24.7 Å². The quantitative estimate of drug-likeness (QED) is 0.753. The first kappa shape index (κ1) is 14.1. The van der Waals surface area contributed by atoms with Crippen LogP contribution in [0.15, 0.2) is 36.4 Å². The van der Waals surface area contributed by atoms with Crippen LogP contribution in [0, 0.1) is 0 Å². The van der Waals surface area contributed by atoms with Crippen LogP contribution in [0.3, 0.4) is 0 Å². The van der Waals surface area contributed by atoms with Gasteiger partial charge in [0.25, 0.3) is 5.91 Å². The number of amides is 1. The fourth-order valence-electron chi connectivity index (χ4n) is 1.29. The number of nitrogens with one attached hydrogen (secondary N) is 1. The maximum atomic E-state index is 11.5. The Balaban J connectivity index is 2.47. The van der Waals surface area contributed by atoms with E-state index in [4.69, 9.17) is 9.47 Å². The summed E-state index contributed by atoms with van der Waals surface area (Å²) in [7, 11) is 0. The summed E-state index contributed by atoms with van der Waals surface area (Å²) in [6.45, 7) is 8.46. The van der Waals surface area contributed by atoms with E-state index < -0.39 is 0 Å². The summed E-state index contributed by atoms with van der Waals surface area (Å²) in [5.41, 5.74) is 0.901. The minimum absolute atomic E-state index is 0.0304. The predicted molar refractivity (Wildman–Crippen MR) is 70.9 cm³/mol. The van der Waals surface area contributed by atoms with Crippen LogP contribution in [0.2, 0.25) is 0 Å². The van der Waals surface area contributed by atoms with Gasteiger partial charge in [-0.15, -0.1) is 0 Å². The second-order valence-electron chi connectivity index (χ2n) is 3.90. The molecule has 0 heterocycles. The van der Waals surface area contributed by atoms with Crippen molar-refractivity contribution in [1.82, 2.24) is 5.32 Å². The number of rotatable bonds is 7. The van der Waals surface area contributed by atoms with E-state index in [-0.39, 0.29) is 12.5 Å². The van der Waals surface area contributed by atoms with Gasteiger partial charge in [0.15, 0.2) is 18.1 Å². The van der Waals surface area contributed by atoms with Crippen LogP contribution in [0.5, 0.6) is 11.5 Å². The smallest absolute Gasteiger partial charge is 0.258 e. The summed E-state index contributed by atoms with van der Waals surface area (Å²) in [6.07, 6.45) is 0. The molecule has 1 N–H and O–H groups in total. The monoisotopic (exact) mass is 249 g/mol. The minimum atomic E-state index is -0.177. The number of benzene rings is 1. The van der Waals surface area contributed by atoms with Crippen molar-refractivity contribution in [2.24, 2.45) is 0 Å². The van der Waals surface area contributed by atoms with E-state index in [0.717, 1.165) is 5.57 Å². The van der Waals surface area contributed by atoms with Crippen LogP contribution in [0.1, 0.15) is 13.8 Å². The molecule has 0 aliphatic rings. The summed E-state index contributed by atoms with van der Waals surface area (Å²) in [5.74, 6) is 1.04. The average Bonchev–Trinajstić information content (AvgIpc) is 2.35. The Morgan fingerprint density at radius 3 is 2.44 bits per heavy atom. The van der Waals surface area contributed by atoms with E-state index in [9.17, 15) is 4.79 Å². The number of hydrogen-bond donors (Lipinski definition) is 1. The molecule has 1 amide bonds. The molecule has 0 aromatic heterocycles. The summed E-state index contributed by atoms with van der Waals surface area (Å²) in [5, 5.41) is 2.70. The first-order chi connectivity index (χ1) is 8.63. The molecule has 18 heavy (non-hydrogen) atoms. The lowest BCUT2D eigenvalue weighted by Gasteiger charge is -2.11. The summed E-state index contributed by atoms with van der Waals surface area (Å²) in [6, 6.07) is 7.28. The molecule has 4 nitrogen and oxygen atoms in total. The lowest BCUT2D eigenvalue weighted by Crippen LogP contribution is -2.30. The molecule has 0 atom stereocenters. The summed E-state index contributed by atoms with van der Waals surface area (Å²) < 4.78 is 10.8. The lowest BCUT2D eigenvalue weighted by molar-refractivity contribution is -0.122. The molecule has 0 fully saturated rings. The molecule has 1 rings (SSSR count). The molecule has 0 bridgehead atoms. The van der Waals surface area contributed by atoms with Gasteiger partial charge in [-0.05, 0) is 26.0 Å². The molecule has 0 saturated heterocycles. The largest absolute Gasteiger partial charge is 0.490 e. The Morgan fingerprint density at radius 2 is 1.89 bits per heavy atom. The third kappa shape index (κ3) is 4.91. The standard InChI is InChI=1S/C14H19NO3/c1-4-17-12-7-5-6-8-13(12)18-10-14(16)15-9-11(2)3/h5-8H,2,4,9-10H2,1,3H3,(H,15,16). The highest BCUT2D eigenvalue weighted by Gasteiger charge is 2.06. The van der Waals surface area contributed by atoms with E-state index in [2.05, 4.69) is 11.9 Å². The van der Waals surface area contributed by atoms with Gasteiger partial charge in [0.2, 0.25) is 0 Å². The van der Waals surface area contributed by atoms with E-state index in [1.807, 2.05) is 32.0 Å².